The molecule has 1 spiro atoms. The van der Waals surface area contributed by atoms with Gasteiger partial charge in [-0.2, -0.15) is 0 Å². The molecule has 3 aromatic carbocycles. The lowest BCUT2D eigenvalue weighted by Gasteiger charge is -2.26. The number of Topliss-reactive ketones (excluding diaryl/α,β-unsaturated/α-hetero) is 1. The number of ether oxygens (including phenoxy) is 2. The number of halogens is 1. The predicted octanol–water partition coefficient (Wildman–Crippen LogP) is 3.92. The molecule has 0 unspecified atom stereocenters. The average Bonchev–Trinajstić information content (AvgIpc) is 3.37. The van der Waals surface area contributed by atoms with Gasteiger partial charge in [0, 0.05) is 22.4 Å². The molecule has 0 bridgehead atoms. The standard InChI is InChI=1S/C25H19FN2O5/c1-31-19-12-9-15(13-20(19)32-2)23(29)21-22(14-7-10-16(26)11-8-14)28-33-25(21)17-5-3-4-6-18(17)27-24(25)30/h3-13,21H,1-2H3,(H,27,30)/t21-,25+/m1/s1. The van der Waals surface area contributed by atoms with Crippen LogP contribution in [0.5, 0.6) is 11.5 Å². The van der Waals surface area contributed by atoms with Crippen LogP contribution in [0.15, 0.2) is 71.9 Å². The molecule has 0 radical (unpaired) electrons. The zero-order chi connectivity index (χ0) is 23.2. The van der Waals surface area contributed by atoms with Crippen molar-refractivity contribution in [3.8, 4) is 11.5 Å². The van der Waals surface area contributed by atoms with Gasteiger partial charge >= 0.3 is 0 Å². The van der Waals surface area contributed by atoms with Crippen molar-refractivity contribution in [2.24, 2.45) is 11.1 Å². The minimum atomic E-state index is -1.69. The Morgan fingerprint density at radius 1 is 1.03 bits per heavy atom. The molecule has 8 heteroatoms. The van der Waals surface area contributed by atoms with E-state index < -0.39 is 29.0 Å². The van der Waals surface area contributed by atoms with E-state index in [9.17, 15) is 14.0 Å². The highest BCUT2D eigenvalue weighted by Gasteiger charge is 2.63. The highest BCUT2D eigenvalue weighted by Crippen LogP contribution is 2.50. The fourth-order valence-corrected chi connectivity index (χ4v) is 4.35. The number of amides is 1. The zero-order valence-corrected chi connectivity index (χ0v) is 17.8. The Morgan fingerprint density at radius 2 is 1.76 bits per heavy atom. The Bertz CT molecular complexity index is 1300. The van der Waals surface area contributed by atoms with Crippen LogP contribution in [0.2, 0.25) is 0 Å². The summed E-state index contributed by atoms with van der Waals surface area (Å²) < 4.78 is 24.2. The number of hydrogen-bond acceptors (Lipinski definition) is 6. The number of carbonyl (C=O) groups is 2. The van der Waals surface area contributed by atoms with Crippen LogP contribution in [0.1, 0.15) is 21.5 Å². The van der Waals surface area contributed by atoms with Crippen LogP contribution in [-0.2, 0) is 15.2 Å². The van der Waals surface area contributed by atoms with Gasteiger partial charge in [-0.25, -0.2) is 4.39 Å². The molecule has 2 aliphatic rings. The van der Waals surface area contributed by atoms with E-state index in [1.807, 2.05) is 0 Å². The lowest BCUT2D eigenvalue weighted by Crippen LogP contribution is -2.46. The summed E-state index contributed by atoms with van der Waals surface area (Å²) in [4.78, 5) is 33.1. The van der Waals surface area contributed by atoms with Crippen molar-refractivity contribution in [2.75, 3.05) is 19.5 Å². The number of nitrogens with one attached hydrogen (secondary N) is 1. The summed E-state index contributed by atoms with van der Waals surface area (Å²) in [5, 5.41) is 6.98. The van der Waals surface area contributed by atoms with Crippen LogP contribution in [0, 0.1) is 11.7 Å². The molecule has 0 aromatic heterocycles. The first-order chi connectivity index (χ1) is 16.0. The number of oxime groups is 1. The topological polar surface area (TPSA) is 86.2 Å². The summed E-state index contributed by atoms with van der Waals surface area (Å²) in [6, 6.07) is 17.3. The van der Waals surface area contributed by atoms with Gasteiger partial charge in [-0.15, -0.1) is 0 Å². The molecule has 0 saturated heterocycles. The van der Waals surface area contributed by atoms with Crippen molar-refractivity contribution in [3.63, 3.8) is 0 Å². The number of ketones is 1. The molecule has 1 N–H and O–H groups in total. The number of benzene rings is 3. The van der Waals surface area contributed by atoms with Crippen LogP contribution in [0.25, 0.3) is 0 Å². The van der Waals surface area contributed by atoms with Gasteiger partial charge in [0.15, 0.2) is 17.3 Å². The molecule has 5 rings (SSSR count). The number of rotatable bonds is 5. The maximum atomic E-state index is 14.0. The molecule has 3 aromatic rings. The van der Waals surface area contributed by atoms with Gasteiger partial charge in [-0.1, -0.05) is 35.5 Å². The second kappa shape index (κ2) is 7.74. The summed E-state index contributed by atoms with van der Waals surface area (Å²) in [7, 11) is 2.97. The zero-order valence-electron chi connectivity index (χ0n) is 17.8. The summed E-state index contributed by atoms with van der Waals surface area (Å²) in [6.45, 7) is 0. The minimum Gasteiger partial charge on any atom is -0.493 e. The van der Waals surface area contributed by atoms with E-state index in [0.717, 1.165) is 0 Å². The van der Waals surface area contributed by atoms with Crippen molar-refractivity contribution >= 4 is 23.1 Å². The summed E-state index contributed by atoms with van der Waals surface area (Å²) in [6.07, 6.45) is 0. The van der Waals surface area contributed by atoms with Gasteiger partial charge in [0.1, 0.15) is 17.4 Å². The van der Waals surface area contributed by atoms with E-state index in [1.165, 1.54) is 38.5 Å². The highest BCUT2D eigenvalue weighted by molar-refractivity contribution is 6.24. The molecule has 166 valence electrons. The molecular weight excluding hydrogens is 427 g/mol. The van der Waals surface area contributed by atoms with Crippen LogP contribution in [-0.4, -0.2) is 31.6 Å². The first-order valence-electron chi connectivity index (χ1n) is 10.2. The number of para-hydroxylation sites is 1. The number of fused-ring (bicyclic) bond motifs is 2. The number of methoxy groups -OCH3 is 2. The molecule has 0 aliphatic carbocycles. The minimum absolute atomic E-state index is 0.238. The lowest BCUT2D eigenvalue weighted by molar-refractivity contribution is -0.140. The molecule has 0 fully saturated rings. The van der Waals surface area contributed by atoms with E-state index in [0.29, 0.717) is 28.3 Å². The van der Waals surface area contributed by atoms with Crippen LogP contribution in [0.4, 0.5) is 10.1 Å². The van der Waals surface area contributed by atoms with Gasteiger partial charge in [-0.3, -0.25) is 9.59 Å². The molecular formula is C25H19FN2O5. The van der Waals surface area contributed by atoms with Crippen LogP contribution >= 0.6 is 0 Å². The third-order valence-corrected chi connectivity index (χ3v) is 5.95. The van der Waals surface area contributed by atoms with Gasteiger partial charge in [0.05, 0.1) is 14.2 Å². The first-order valence-corrected chi connectivity index (χ1v) is 10.2. The quantitative estimate of drug-likeness (QED) is 0.601. The van der Waals surface area contributed by atoms with Crippen LogP contribution in [0.3, 0.4) is 0 Å². The summed E-state index contributed by atoms with van der Waals surface area (Å²) in [5.74, 6) is -1.62. The predicted molar refractivity (Wildman–Crippen MR) is 118 cm³/mol. The molecule has 2 aliphatic heterocycles. The lowest BCUT2D eigenvalue weighted by atomic mass is 9.74. The molecule has 2 heterocycles. The first kappa shape index (κ1) is 20.7. The Labute approximate surface area is 188 Å². The van der Waals surface area contributed by atoms with E-state index in [4.69, 9.17) is 14.3 Å². The molecule has 0 saturated carbocycles. The molecule has 7 nitrogen and oxygen atoms in total. The Morgan fingerprint density at radius 3 is 2.48 bits per heavy atom. The van der Waals surface area contributed by atoms with Gasteiger partial charge < -0.3 is 19.6 Å². The smallest absolute Gasteiger partial charge is 0.277 e. The van der Waals surface area contributed by atoms with Crippen molar-refractivity contribution < 1.29 is 28.3 Å². The van der Waals surface area contributed by atoms with Crippen LogP contribution < -0.4 is 14.8 Å². The van der Waals surface area contributed by atoms with Crippen molar-refractivity contribution in [2.45, 2.75) is 5.60 Å². The summed E-state index contributed by atoms with van der Waals surface area (Å²) >= 11 is 0. The Kier molecular flexibility index (Phi) is 4.85. The van der Waals surface area contributed by atoms with Gasteiger partial charge in [-0.05, 0) is 36.4 Å². The van der Waals surface area contributed by atoms with Gasteiger partial charge in [0.2, 0.25) is 0 Å². The maximum Gasteiger partial charge on any atom is 0.277 e. The van der Waals surface area contributed by atoms with E-state index in [2.05, 4.69) is 10.5 Å². The maximum absolute atomic E-state index is 14.0. The number of carbonyl (C=O) groups excluding carboxylic acids is 2. The Balaban J connectivity index is 1.68. The normalized spacial score (nSPS) is 20.6. The third-order valence-electron chi connectivity index (χ3n) is 5.95. The third kappa shape index (κ3) is 3.06. The second-order valence-electron chi connectivity index (χ2n) is 7.68. The van der Waals surface area contributed by atoms with E-state index in [-0.39, 0.29) is 11.3 Å². The van der Waals surface area contributed by atoms with Crippen molar-refractivity contribution in [3.05, 3.63) is 89.2 Å². The largest absolute Gasteiger partial charge is 0.493 e. The molecule has 33 heavy (non-hydrogen) atoms. The fourth-order valence-electron chi connectivity index (χ4n) is 4.35. The average molecular weight is 446 g/mol. The van der Waals surface area contributed by atoms with Crippen molar-refractivity contribution in [1.82, 2.24) is 0 Å². The second-order valence-corrected chi connectivity index (χ2v) is 7.68. The van der Waals surface area contributed by atoms with Crippen molar-refractivity contribution in [1.29, 1.82) is 0 Å². The number of anilines is 1. The monoisotopic (exact) mass is 446 g/mol. The van der Waals surface area contributed by atoms with E-state index in [1.54, 1.807) is 42.5 Å². The fraction of sp³-hybridized carbons (Fsp3) is 0.160. The summed E-state index contributed by atoms with van der Waals surface area (Å²) in [5.41, 5.74) is 0.364. The van der Waals surface area contributed by atoms with E-state index >= 15 is 0 Å². The molecule has 1 amide bonds. The highest BCUT2D eigenvalue weighted by atomic mass is 19.1. The molecule has 2 atom stereocenters. The Hall–Kier alpha value is -4.20. The SMILES string of the molecule is COc1ccc(C(=O)[C@H]2C(c3ccc(F)cc3)=NO[C@]23C(=O)Nc2ccccc23)cc1OC. The number of hydrogen-bond donors (Lipinski definition) is 1. The number of nitrogens with zero attached hydrogens (tertiary/aromatic N) is 1. The van der Waals surface area contributed by atoms with Gasteiger partial charge in [0.25, 0.3) is 11.5 Å².